The summed E-state index contributed by atoms with van der Waals surface area (Å²) in [6, 6.07) is 3.54. The average molecular weight is 189 g/mol. The monoisotopic (exact) mass is 188 g/mol. The van der Waals surface area contributed by atoms with Gasteiger partial charge < -0.3 is 4.74 Å². The van der Waals surface area contributed by atoms with Gasteiger partial charge in [-0.15, -0.1) is 0 Å². The molecule has 0 heterocycles. The molecule has 0 aliphatic heterocycles. The quantitative estimate of drug-likeness (QED) is 0.666. The number of halogens is 2. The van der Waals surface area contributed by atoms with Gasteiger partial charge in [-0.1, -0.05) is 0 Å². The Morgan fingerprint density at radius 3 is 2.75 bits per heavy atom. The van der Waals surface area contributed by atoms with E-state index in [9.17, 15) is 9.18 Å². The van der Waals surface area contributed by atoms with E-state index in [1.165, 1.54) is 13.2 Å². The summed E-state index contributed by atoms with van der Waals surface area (Å²) < 4.78 is 17.3. The molecule has 0 saturated heterocycles. The summed E-state index contributed by atoms with van der Waals surface area (Å²) in [4.78, 5) is 10.7. The third-order valence-electron chi connectivity index (χ3n) is 1.38. The van der Waals surface area contributed by atoms with E-state index >= 15 is 0 Å². The Kier molecular flexibility index (Phi) is 2.65. The summed E-state index contributed by atoms with van der Waals surface area (Å²) in [6.45, 7) is 0. The van der Waals surface area contributed by atoms with Crippen LogP contribution in [0.5, 0.6) is 5.75 Å². The van der Waals surface area contributed by atoms with E-state index in [1.54, 1.807) is 0 Å². The van der Waals surface area contributed by atoms with Crippen LogP contribution in [-0.2, 0) is 0 Å². The fourth-order valence-electron chi connectivity index (χ4n) is 0.827. The van der Waals surface area contributed by atoms with Crippen LogP contribution in [0.1, 0.15) is 10.4 Å². The molecule has 0 saturated carbocycles. The van der Waals surface area contributed by atoms with Gasteiger partial charge in [0.05, 0.1) is 12.7 Å². The van der Waals surface area contributed by atoms with E-state index in [-0.39, 0.29) is 11.3 Å². The number of hydrogen-bond acceptors (Lipinski definition) is 2. The predicted molar refractivity (Wildman–Crippen MR) is 43.1 cm³/mol. The van der Waals surface area contributed by atoms with Gasteiger partial charge in [-0.05, 0) is 23.7 Å². The van der Waals surface area contributed by atoms with Crippen molar-refractivity contribution in [2.45, 2.75) is 0 Å². The minimum Gasteiger partial charge on any atom is -0.496 e. The van der Waals surface area contributed by atoms with Crippen molar-refractivity contribution in [2.24, 2.45) is 0 Å². The number of carbonyl (C=O) groups is 1. The van der Waals surface area contributed by atoms with Crippen molar-refractivity contribution in [2.75, 3.05) is 7.11 Å². The van der Waals surface area contributed by atoms with Crippen molar-refractivity contribution in [3.8, 4) is 5.75 Å². The van der Waals surface area contributed by atoms with Crippen molar-refractivity contribution in [3.63, 3.8) is 0 Å². The van der Waals surface area contributed by atoms with Gasteiger partial charge in [0.25, 0.3) is 5.24 Å². The van der Waals surface area contributed by atoms with Gasteiger partial charge in [0.2, 0.25) is 0 Å². The van der Waals surface area contributed by atoms with E-state index in [0.29, 0.717) is 0 Å². The van der Waals surface area contributed by atoms with Crippen LogP contribution in [0.4, 0.5) is 4.39 Å². The summed E-state index contributed by atoms with van der Waals surface area (Å²) in [5.41, 5.74) is 0.167. The molecule has 0 aliphatic rings. The fourth-order valence-corrected chi connectivity index (χ4v) is 0.984. The van der Waals surface area contributed by atoms with E-state index in [4.69, 9.17) is 16.3 Å². The van der Waals surface area contributed by atoms with Crippen LogP contribution in [0.15, 0.2) is 18.2 Å². The van der Waals surface area contributed by atoms with Crippen LogP contribution in [0.25, 0.3) is 0 Å². The number of carbonyl (C=O) groups excluding carboxylic acids is 1. The first-order valence-corrected chi connectivity index (χ1v) is 3.56. The number of methoxy groups -OCH3 is 1. The zero-order chi connectivity index (χ0) is 9.14. The lowest BCUT2D eigenvalue weighted by molar-refractivity contribution is 0.107. The summed E-state index contributed by atoms with van der Waals surface area (Å²) in [5.74, 6) is -0.316. The Morgan fingerprint density at radius 2 is 2.25 bits per heavy atom. The van der Waals surface area contributed by atoms with Gasteiger partial charge in [0.1, 0.15) is 11.6 Å². The molecule has 2 nitrogen and oxygen atoms in total. The van der Waals surface area contributed by atoms with Crippen LogP contribution >= 0.6 is 11.6 Å². The Balaban J connectivity index is 3.20. The van der Waals surface area contributed by atoms with Crippen molar-refractivity contribution < 1.29 is 13.9 Å². The summed E-state index contributed by atoms with van der Waals surface area (Å²) in [7, 11) is 1.35. The zero-order valence-electron chi connectivity index (χ0n) is 6.30. The molecule has 1 aromatic rings. The lowest BCUT2D eigenvalue weighted by Crippen LogP contribution is -1.95. The Labute approximate surface area is 73.9 Å². The molecule has 0 aromatic heterocycles. The van der Waals surface area contributed by atoms with E-state index in [0.717, 1.165) is 12.1 Å². The molecule has 12 heavy (non-hydrogen) atoms. The van der Waals surface area contributed by atoms with E-state index in [2.05, 4.69) is 0 Å². The van der Waals surface area contributed by atoms with Crippen LogP contribution in [-0.4, -0.2) is 12.4 Å². The highest BCUT2D eigenvalue weighted by Crippen LogP contribution is 2.20. The van der Waals surface area contributed by atoms with Gasteiger partial charge in [0.15, 0.2) is 0 Å². The first-order chi connectivity index (χ1) is 5.65. The molecule has 1 rings (SSSR count). The van der Waals surface area contributed by atoms with Gasteiger partial charge in [-0.2, -0.15) is 0 Å². The molecule has 0 atom stereocenters. The number of benzene rings is 1. The van der Waals surface area contributed by atoms with Crippen LogP contribution in [0.2, 0.25) is 0 Å². The highest BCUT2D eigenvalue weighted by atomic mass is 35.5. The predicted octanol–water partition coefficient (Wildman–Crippen LogP) is 2.21. The molecule has 0 N–H and O–H groups in total. The average Bonchev–Trinajstić information content (AvgIpc) is 2.03. The summed E-state index contributed by atoms with van der Waals surface area (Å²) in [5, 5.41) is -0.660. The molecule has 0 amide bonds. The lowest BCUT2D eigenvalue weighted by atomic mass is 10.2. The van der Waals surface area contributed by atoms with Crippen LogP contribution in [0, 0.1) is 5.82 Å². The Bertz CT molecular complexity index is 312. The molecule has 0 radical (unpaired) electrons. The molecular formula is C8H6ClFO2. The topological polar surface area (TPSA) is 26.3 Å². The Hall–Kier alpha value is -1.09. The summed E-state index contributed by atoms with van der Waals surface area (Å²) >= 11 is 5.20. The molecule has 64 valence electrons. The minimum atomic E-state index is -0.660. The summed E-state index contributed by atoms with van der Waals surface area (Å²) in [6.07, 6.45) is 0. The van der Waals surface area contributed by atoms with E-state index < -0.39 is 11.1 Å². The van der Waals surface area contributed by atoms with Crippen LogP contribution < -0.4 is 4.74 Å². The van der Waals surface area contributed by atoms with Crippen molar-refractivity contribution >= 4 is 16.8 Å². The third kappa shape index (κ3) is 1.74. The minimum absolute atomic E-state index is 0.148. The first kappa shape index (κ1) is 9.00. The maximum Gasteiger partial charge on any atom is 0.256 e. The van der Waals surface area contributed by atoms with Crippen LogP contribution in [0.3, 0.4) is 0 Å². The van der Waals surface area contributed by atoms with Crippen molar-refractivity contribution in [1.29, 1.82) is 0 Å². The van der Waals surface area contributed by atoms with Crippen molar-refractivity contribution in [3.05, 3.63) is 29.6 Å². The van der Waals surface area contributed by atoms with Gasteiger partial charge in [-0.25, -0.2) is 4.39 Å². The highest BCUT2D eigenvalue weighted by molar-refractivity contribution is 6.68. The standard InChI is InChI=1S/C8H6ClFO2/c1-12-7-4-5(10)2-3-6(7)8(9)11/h2-4H,1H3. The highest BCUT2D eigenvalue weighted by Gasteiger charge is 2.09. The van der Waals surface area contributed by atoms with Gasteiger partial charge in [0, 0.05) is 6.07 Å². The molecule has 0 fully saturated rings. The maximum atomic E-state index is 12.6. The molecular weight excluding hydrogens is 183 g/mol. The van der Waals surface area contributed by atoms with E-state index in [1.807, 2.05) is 0 Å². The number of rotatable bonds is 2. The lowest BCUT2D eigenvalue weighted by Gasteiger charge is -2.03. The maximum absolute atomic E-state index is 12.6. The number of ether oxygens (including phenoxy) is 1. The second-order valence-electron chi connectivity index (χ2n) is 2.12. The normalized spacial score (nSPS) is 9.58. The third-order valence-corrected chi connectivity index (χ3v) is 1.58. The smallest absolute Gasteiger partial charge is 0.256 e. The molecule has 0 aliphatic carbocycles. The zero-order valence-corrected chi connectivity index (χ0v) is 7.06. The molecule has 0 bridgehead atoms. The second-order valence-corrected chi connectivity index (χ2v) is 2.46. The number of hydrogen-bond donors (Lipinski definition) is 0. The van der Waals surface area contributed by atoms with Gasteiger partial charge in [-0.3, -0.25) is 4.79 Å². The molecule has 0 unspecified atom stereocenters. The SMILES string of the molecule is COc1cc(F)ccc1C(=O)Cl. The Morgan fingerprint density at radius 1 is 1.58 bits per heavy atom. The molecule has 1 aromatic carbocycles. The molecule has 4 heteroatoms. The van der Waals surface area contributed by atoms with Crippen molar-refractivity contribution in [1.82, 2.24) is 0 Å². The van der Waals surface area contributed by atoms with Gasteiger partial charge >= 0.3 is 0 Å². The first-order valence-electron chi connectivity index (χ1n) is 3.18. The fraction of sp³-hybridized carbons (Fsp3) is 0.125. The molecule has 0 spiro atoms. The largest absolute Gasteiger partial charge is 0.496 e. The second kappa shape index (κ2) is 3.54.